The molecule has 344 valence electrons. The van der Waals surface area contributed by atoms with Crippen LogP contribution in [0.25, 0.3) is 0 Å². The van der Waals surface area contributed by atoms with Gasteiger partial charge in [-0.1, -0.05) is 247 Å². The van der Waals surface area contributed by atoms with E-state index in [1.807, 2.05) is 0 Å². The molecule has 0 aliphatic carbocycles. The van der Waals surface area contributed by atoms with E-state index in [0.717, 1.165) is 69.6 Å². The molecule has 0 spiro atoms. The Balaban J connectivity index is 4.31. The summed E-state index contributed by atoms with van der Waals surface area (Å²) in [5.41, 5.74) is 0. The smallest absolute Gasteiger partial charge is 0.306 e. The molecule has 0 saturated heterocycles. The van der Waals surface area contributed by atoms with E-state index in [0.29, 0.717) is 19.3 Å². The molecule has 0 unspecified atom stereocenters. The number of ether oxygens (including phenoxy) is 3. The van der Waals surface area contributed by atoms with Gasteiger partial charge in [0.1, 0.15) is 13.2 Å². The lowest BCUT2D eigenvalue weighted by Crippen LogP contribution is -2.30. The monoisotopic (exact) mass is 821 g/mol. The van der Waals surface area contributed by atoms with Gasteiger partial charge in [-0.15, -0.1) is 0 Å². The fourth-order valence-corrected chi connectivity index (χ4v) is 7.81. The Labute approximate surface area is 361 Å². The van der Waals surface area contributed by atoms with Crippen molar-refractivity contribution in [2.24, 2.45) is 11.8 Å². The molecule has 1 atom stereocenters. The molecule has 0 N–H and O–H groups in total. The highest BCUT2D eigenvalue weighted by Crippen LogP contribution is 2.17. The van der Waals surface area contributed by atoms with Crippen molar-refractivity contribution in [3.05, 3.63) is 0 Å². The molecule has 0 bridgehead atoms. The molecule has 6 heteroatoms. The summed E-state index contributed by atoms with van der Waals surface area (Å²) in [6.07, 6.45) is 45.2. The van der Waals surface area contributed by atoms with Crippen LogP contribution in [0.15, 0.2) is 0 Å². The van der Waals surface area contributed by atoms with Gasteiger partial charge in [0.25, 0.3) is 0 Å². The van der Waals surface area contributed by atoms with E-state index in [1.165, 1.54) is 173 Å². The van der Waals surface area contributed by atoms with Crippen LogP contribution in [0.1, 0.15) is 285 Å². The van der Waals surface area contributed by atoms with E-state index >= 15 is 0 Å². The third-order valence-corrected chi connectivity index (χ3v) is 11.7. The first-order chi connectivity index (χ1) is 28.2. The summed E-state index contributed by atoms with van der Waals surface area (Å²) in [6.45, 7) is 11.3. The molecule has 58 heavy (non-hydrogen) atoms. The highest BCUT2D eigenvalue weighted by molar-refractivity contribution is 5.71. The van der Waals surface area contributed by atoms with E-state index in [4.69, 9.17) is 14.2 Å². The van der Waals surface area contributed by atoms with Crippen LogP contribution in [-0.2, 0) is 28.6 Å². The fourth-order valence-electron chi connectivity index (χ4n) is 7.81. The van der Waals surface area contributed by atoms with Gasteiger partial charge in [-0.05, 0) is 31.1 Å². The molecule has 0 amide bonds. The first-order valence-electron chi connectivity index (χ1n) is 25.7. The Morgan fingerprint density at radius 2 is 0.569 bits per heavy atom. The van der Waals surface area contributed by atoms with Gasteiger partial charge in [-0.25, -0.2) is 0 Å². The van der Waals surface area contributed by atoms with Gasteiger partial charge in [0.15, 0.2) is 6.10 Å². The van der Waals surface area contributed by atoms with Crippen LogP contribution >= 0.6 is 0 Å². The highest BCUT2D eigenvalue weighted by Gasteiger charge is 2.19. The molecule has 0 aliphatic rings. The molecular formula is C52H100O6. The number of unbranched alkanes of at least 4 members (excludes halogenated alkanes) is 31. The predicted molar refractivity (Wildman–Crippen MR) is 247 cm³/mol. The average Bonchev–Trinajstić information content (AvgIpc) is 3.19. The summed E-state index contributed by atoms with van der Waals surface area (Å²) in [7, 11) is 0. The normalized spacial score (nSPS) is 12.1. The standard InChI is InChI=1S/C52H100O6/c1-6-7-8-9-10-11-12-13-14-17-22-27-32-37-42-50(53)56-45-49(58-52(55)44-39-34-29-24-19-21-26-31-36-41-48(4)5)46-57-51(54)43-38-33-28-23-18-15-16-20-25-30-35-40-47(2)3/h47-49H,6-46H2,1-5H3/t49-/m0/s1. The zero-order valence-electron chi connectivity index (χ0n) is 39.7. The van der Waals surface area contributed by atoms with Gasteiger partial charge in [0, 0.05) is 19.3 Å². The van der Waals surface area contributed by atoms with Crippen molar-refractivity contribution in [1.29, 1.82) is 0 Å². The Kier molecular flexibility index (Phi) is 43.7. The zero-order valence-corrected chi connectivity index (χ0v) is 39.7. The van der Waals surface area contributed by atoms with Crippen LogP contribution in [0.3, 0.4) is 0 Å². The number of rotatable bonds is 46. The quantitative estimate of drug-likeness (QED) is 0.0346. The SMILES string of the molecule is CCCCCCCCCCCCCCCCC(=O)OC[C@@H](COC(=O)CCCCCCCCCCCCCC(C)C)OC(=O)CCCCCCCCCCCC(C)C. The number of hydrogen-bond acceptors (Lipinski definition) is 6. The summed E-state index contributed by atoms with van der Waals surface area (Å²) >= 11 is 0. The minimum absolute atomic E-state index is 0.0639. The molecule has 0 aromatic carbocycles. The Morgan fingerprint density at radius 1 is 0.328 bits per heavy atom. The average molecular weight is 821 g/mol. The fraction of sp³-hybridized carbons (Fsp3) is 0.942. The van der Waals surface area contributed by atoms with Gasteiger partial charge < -0.3 is 14.2 Å². The van der Waals surface area contributed by atoms with E-state index in [9.17, 15) is 14.4 Å². The van der Waals surface area contributed by atoms with Crippen molar-refractivity contribution in [2.45, 2.75) is 291 Å². The van der Waals surface area contributed by atoms with Crippen LogP contribution in [0.4, 0.5) is 0 Å². The zero-order chi connectivity index (χ0) is 42.6. The number of carbonyl (C=O) groups excluding carboxylic acids is 3. The van der Waals surface area contributed by atoms with Crippen LogP contribution in [0, 0.1) is 11.8 Å². The van der Waals surface area contributed by atoms with Crippen molar-refractivity contribution < 1.29 is 28.6 Å². The van der Waals surface area contributed by atoms with Crippen LogP contribution < -0.4 is 0 Å². The Morgan fingerprint density at radius 3 is 0.845 bits per heavy atom. The maximum absolute atomic E-state index is 12.8. The topological polar surface area (TPSA) is 78.9 Å². The third-order valence-electron chi connectivity index (χ3n) is 11.7. The van der Waals surface area contributed by atoms with Crippen molar-refractivity contribution in [3.8, 4) is 0 Å². The molecule has 0 saturated carbocycles. The van der Waals surface area contributed by atoms with Crippen molar-refractivity contribution in [2.75, 3.05) is 13.2 Å². The maximum atomic E-state index is 12.8. The Bertz CT molecular complexity index is 885. The number of esters is 3. The third kappa shape index (κ3) is 45.5. The lowest BCUT2D eigenvalue weighted by Gasteiger charge is -2.18. The summed E-state index contributed by atoms with van der Waals surface area (Å²) in [5, 5.41) is 0. The second-order valence-corrected chi connectivity index (χ2v) is 18.8. The summed E-state index contributed by atoms with van der Waals surface area (Å²) < 4.78 is 16.8. The first-order valence-corrected chi connectivity index (χ1v) is 25.7. The van der Waals surface area contributed by atoms with E-state index in [2.05, 4.69) is 34.6 Å². The van der Waals surface area contributed by atoms with Crippen molar-refractivity contribution >= 4 is 17.9 Å². The van der Waals surface area contributed by atoms with E-state index in [-0.39, 0.29) is 31.1 Å². The van der Waals surface area contributed by atoms with Gasteiger partial charge >= 0.3 is 17.9 Å². The van der Waals surface area contributed by atoms with Gasteiger partial charge in [0.05, 0.1) is 0 Å². The minimum Gasteiger partial charge on any atom is -0.462 e. The van der Waals surface area contributed by atoms with Gasteiger partial charge in [-0.3, -0.25) is 14.4 Å². The lowest BCUT2D eigenvalue weighted by atomic mass is 10.0. The largest absolute Gasteiger partial charge is 0.462 e. The van der Waals surface area contributed by atoms with Crippen LogP contribution in [0.5, 0.6) is 0 Å². The molecule has 0 heterocycles. The Hall–Kier alpha value is -1.59. The second kappa shape index (κ2) is 44.9. The van der Waals surface area contributed by atoms with Crippen LogP contribution in [-0.4, -0.2) is 37.2 Å². The molecular weight excluding hydrogens is 721 g/mol. The predicted octanol–water partition coefficient (Wildman–Crippen LogP) is 16.5. The first kappa shape index (κ1) is 56.4. The molecule has 0 radical (unpaired) electrons. The van der Waals surface area contributed by atoms with E-state index in [1.54, 1.807) is 0 Å². The summed E-state index contributed by atoms with van der Waals surface area (Å²) in [5.74, 6) is 0.783. The number of carbonyl (C=O) groups is 3. The molecule has 0 aromatic heterocycles. The van der Waals surface area contributed by atoms with Crippen LogP contribution in [0.2, 0.25) is 0 Å². The number of hydrogen-bond donors (Lipinski definition) is 0. The molecule has 0 aromatic rings. The van der Waals surface area contributed by atoms with Gasteiger partial charge in [0.2, 0.25) is 0 Å². The second-order valence-electron chi connectivity index (χ2n) is 18.8. The highest BCUT2D eigenvalue weighted by atomic mass is 16.6. The summed E-state index contributed by atoms with van der Waals surface area (Å²) in [6, 6.07) is 0. The minimum atomic E-state index is -0.761. The van der Waals surface area contributed by atoms with Gasteiger partial charge in [-0.2, -0.15) is 0 Å². The van der Waals surface area contributed by atoms with Crippen molar-refractivity contribution in [3.63, 3.8) is 0 Å². The molecule has 0 fully saturated rings. The molecule has 0 aliphatic heterocycles. The molecule has 6 nitrogen and oxygen atoms in total. The van der Waals surface area contributed by atoms with Crippen molar-refractivity contribution in [1.82, 2.24) is 0 Å². The maximum Gasteiger partial charge on any atom is 0.306 e. The summed E-state index contributed by atoms with van der Waals surface area (Å²) in [4.78, 5) is 37.9. The van der Waals surface area contributed by atoms with E-state index < -0.39 is 6.10 Å². The lowest BCUT2D eigenvalue weighted by molar-refractivity contribution is -0.167. The molecule has 0 rings (SSSR count).